The van der Waals surface area contributed by atoms with E-state index in [0.717, 1.165) is 6.42 Å². The van der Waals surface area contributed by atoms with Crippen LogP contribution in [-0.2, 0) is 10.8 Å². The molecule has 2 aliphatic carbocycles. The summed E-state index contributed by atoms with van der Waals surface area (Å²) in [5, 5.41) is 0. The number of hydrogen-bond donors (Lipinski definition) is 0. The van der Waals surface area contributed by atoms with Crippen LogP contribution in [0.4, 0.5) is 0 Å². The molecule has 0 fully saturated rings. The van der Waals surface area contributed by atoms with Gasteiger partial charge in [0.1, 0.15) is 0 Å². The lowest BCUT2D eigenvalue weighted by molar-refractivity contribution is 0.453. The Morgan fingerprint density at radius 1 is 1.00 bits per heavy atom. The van der Waals surface area contributed by atoms with Crippen molar-refractivity contribution in [3.05, 3.63) is 82.5 Å². The topological polar surface area (TPSA) is 0 Å². The Hall–Kier alpha value is -1.82. The molecule has 3 unspecified atom stereocenters. The van der Waals surface area contributed by atoms with Gasteiger partial charge in [0, 0.05) is 10.8 Å². The Kier molecular flexibility index (Phi) is 4.20. The summed E-state index contributed by atoms with van der Waals surface area (Å²) in [6, 6.07) is 4.68. The first-order chi connectivity index (χ1) is 11.3. The normalized spacial score (nSPS) is 32.1. The van der Waals surface area contributed by atoms with Gasteiger partial charge in [0.15, 0.2) is 0 Å². The highest BCUT2D eigenvalue weighted by molar-refractivity contribution is 5.53. The fourth-order valence-electron chi connectivity index (χ4n) is 4.49. The molecule has 0 saturated heterocycles. The number of aryl methyl sites for hydroxylation is 1. The lowest BCUT2D eigenvalue weighted by atomic mass is 9.65. The zero-order chi connectivity index (χ0) is 17.5. The summed E-state index contributed by atoms with van der Waals surface area (Å²) < 4.78 is 0. The highest BCUT2D eigenvalue weighted by atomic mass is 14.4. The van der Waals surface area contributed by atoms with Gasteiger partial charge in [-0.15, -0.1) is 0 Å². The van der Waals surface area contributed by atoms with Crippen LogP contribution in [0.5, 0.6) is 0 Å². The molecule has 2 aliphatic rings. The van der Waals surface area contributed by atoms with Crippen molar-refractivity contribution >= 4 is 0 Å². The van der Waals surface area contributed by atoms with E-state index in [2.05, 4.69) is 96.2 Å². The van der Waals surface area contributed by atoms with Crippen LogP contribution >= 0.6 is 0 Å². The molecule has 0 aliphatic heterocycles. The molecule has 1 aromatic rings. The van der Waals surface area contributed by atoms with Crippen molar-refractivity contribution in [2.75, 3.05) is 0 Å². The maximum Gasteiger partial charge on any atom is 0.0169 e. The van der Waals surface area contributed by atoms with Gasteiger partial charge in [0.2, 0.25) is 0 Å². The molecule has 1 aromatic carbocycles. The molecule has 0 radical (unpaired) electrons. The second kappa shape index (κ2) is 5.92. The van der Waals surface area contributed by atoms with Crippen LogP contribution in [-0.4, -0.2) is 0 Å². The van der Waals surface area contributed by atoms with Crippen LogP contribution < -0.4 is 0 Å². The molecule has 24 heavy (non-hydrogen) atoms. The Morgan fingerprint density at radius 2 is 1.75 bits per heavy atom. The number of rotatable bonds is 2. The van der Waals surface area contributed by atoms with Crippen LogP contribution in [0.3, 0.4) is 0 Å². The summed E-state index contributed by atoms with van der Waals surface area (Å²) in [5.41, 5.74) is 7.39. The summed E-state index contributed by atoms with van der Waals surface area (Å²) in [5.74, 6) is 0.508. The van der Waals surface area contributed by atoms with Gasteiger partial charge in [0.25, 0.3) is 0 Å². The van der Waals surface area contributed by atoms with E-state index >= 15 is 0 Å². The monoisotopic (exact) mass is 318 g/mol. The van der Waals surface area contributed by atoms with E-state index < -0.39 is 0 Å². The largest absolute Gasteiger partial charge is 0.0805 e. The molecule has 0 bridgehead atoms. The van der Waals surface area contributed by atoms with Crippen LogP contribution in [0.1, 0.15) is 56.4 Å². The van der Waals surface area contributed by atoms with Gasteiger partial charge in [-0.1, -0.05) is 81.0 Å². The SMILES string of the molecule is CC1=CCC(C)(c2c(C)ccc(C3(C)C=CC=CC3C)c2C)C=C1. The summed E-state index contributed by atoms with van der Waals surface area (Å²) in [4.78, 5) is 0. The van der Waals surface area contributed by atoms with Crippen molar-refractivity contribution < 1.29 is 0 Å². The Bertz CT molecular complexity index is 771. The van der Waals surface area contributed by atoms with Gasteiger partial charge in [-0.05, 0) is 55.4 Å². The molecule has 0 heteroatoms. The van der Waals surface area contributed by atoms with Gasteiger partial charge >= 0.3 is 0 Å². The molecule has 0 amide bonds. The van der Waals surface area contributed by atoms with E-state index in [0.29, 0.717) is 5.92 Å². The quantitative estimate of drug-likeness (QED) is 0.585. The molecular weight excluding hydrogens is 288 g/mol. The van der Waals surface area contributed by atoms with E-state index in [1.807, 2.05) is 0 Å². The molecule has 0 aromatic heterocycles. The first-order valence-electron chi connectivity index (χ1n) is 9.11. The molecule has 3 atom stereocenters. The summed E-state index contributed by atoms with van der Waals surface area (Å²) >= 11 is 0. The second-order valence-electron chi connectivity index (χ2n) is 8.15. The average molecular weight is 319 g/mol. The predicted octanol–water partition coefficient (Wildman–Crippen LogP) is 6.49. The van der Waals surface area contributed by atoms with Crippen LogP contribution in [0, 0.1) is 19.8 Å². The highest BCUT2D eigenvalue weighted by Crippen LogP contribution is 2.44. The molecule has 0 heterocycles. The number of hydrogen-bond acceptors (Lipinski definition) is 0. The van der Waals surface area contributed by atoms with E-state index in [4.69, 9.17) is 0 Å². The summed E-state index contributed by atoms with van der Waals surface area (Å²) in [7, 11) is 0. The standard InChI is InChI=1S/C24H30/c1-17-12-15-23(5,16-13-17)22-18(2)10-11-21(20(22)4)24(6)14-8-7-9-19(24)3/h7-15,19H,16H2,1-6H3. The Balaban J connectivity index is 2.15. The zero-order valence-electron chi connectivity index (χ0n) is 16.0. The minimum absolute atomic E-state index is 0.0712. The first-order valence-corrected chi connectivity index (χ1v) is 9.11. The lowest BCUT2D eigenvalue weighted by Crippen LogP contribution is -2.31. The average Bonchev–Trinajstić information content (AvgIpc) is 2.53. The molecule has 0 spiro atoms. The van der Waals surface area contributed by atoms with Gasteiger partial charge in [-0.3, -0.25) is 0 Å². The zero-order valence-corrected chi connectivity index (χ0v) is 16.0. The maximum absolute atomic E-state index is 2.41. The molecule has 0 saturated carbocycles. The van der Waals surface area contributed by atoms with Gasteiger partial charge in [0.05, 0.1) is 0 Å². The van der Waals surface area contributed by atoms with Crippen molar-refractivity contribution in [1.82, 2.24) is 0 Å². The van der Waals surface area contributed by atoms with E-state index in [1.54, 1.807) is 0 Å². The minimum Gasteiger partial charge on any atom is -0.0805 e. The van der Waals surface area contributed by atoms with E-state index in [9.17, 15) is 0 Å². The lowest BCUT2D eigenvalue weighted by Gasteiger charge is -2.38. The molecule has 3 rings (SSSR count). The van der Waals surface area contributed by atoms with Crippen molar-refractivity contribution in [2.24, 2.45) is 5.92 Å². The Morgan fingerprint density at radius 3 is 2.38 bits per heavy atom. The number of allylic oxidation sites excluding steroid dienone is 8. The third-order valence-electron chi connectivity index (χ3n) is 6.29. The fourth-order valence-corrected chi connectivity index (χ4v) is 4.49. The van der Waals surface area contributed by atoms with Crippen molar-refractivity contribution in [3.8, 4) is 0 Å². The molecule has 0 nitrogen and oxygen atoms in total. The number of benzene rings is 1. The third-order valence-corrected chi connectivity index (χ3v) is 6.29. The Labute approximate surface area is 147 Å². The molecule has 126 valence electrons. The molecule has 0 N–H and O–H groups in total. The summed E-state index contributed by atoms with van der Waals surface area (Å²) in [6.45, 7) is 13.9. The van der Waals surface area contributed by atoms with Gasteiger partial charge in [-0.25, -0.2) is 0 Å². The summed E-state index contributed by atoms with van der Waals surface area (Å²) in [6.07, 6.45) is 17.2. The fraction of sp³-hybridized carbons (Fsp3) is 0.417. The van der Waals surface area contributed by atoms with Crippen molar-refractivity contribution in [3.63, 3.8) is 0 Å². The van der Waals surface area contributed by atoms with Crippen LogP contribution in [0.25, 0.3) is 0 Å². The van der Waals surface area contributed by atoms with Crippen LogP contribution in [0.15, 0.2) is 60.2 Å². The predicted molar refractivity (Wildman–Crippen MR) is 106 cm³/mol. The second-order valence-corrected chi connectivity index (χ2v) is 8.15. The van der Waals surface area contributed by atoms with Gasteiger partial charge < -0.3 is 0 Å². The van der Waals surface area contributed by atoms with E-state index in [-0.39, 0.29) is 10.8 Å². The minimum atomic E-state index is 0.0712. The van der Waals surface area contributed by atoms with E-state index in [1.165, 1.54) is 27.8 Å². The highest BCUT2D eigenvalue weighted by Gasteiger charge is 2.35. The van der Waals surface area contributed by atoms with Gasteiger partial charge in [-0.2, -0.15) is 0 Å². The third kappa shape index (κ3) is 2.62. The smallest absolute Gasteiger partial charge is 0.0169 e. The first kappa shape index (κ1) is 17.0. The van der Waals surface area contributed by atoms with Crippen molar-refractivity contribution in [2.45, 2.75) is 58.8 Å². The van der Waals surface area contributed by atoms with Crippen LogP contribution in [0.2, 0.25) is 0 Å². The van der Waals surface area contributed by atoms with Crippen molar-refractivity contribution in [1.29, 1.82) is 0 Å². The maximum atomic E-state index is 2.41. The molecular formula is C24H30.